The van der Waals surface area contributed by atoms with Gasteiger partial charge in [0.15, 0.2) is 0 Å². The highest BCUT2D eigenvalue weighted by Gasteiger charge is 2.25. The lowest BCUT2D eigenvalue weighted by molar-refractivity contribution is -0.153. The van der Waals surface area contributed by atoms with Gasteiger partial charge in [0.25, 0.3) is 0 Å². The van der Waals surface area contributed by atoms with Crippen LogP contribution in [0.25, 0.3) is 0 Å². The Hall–Kier alpha value is -0.540. The number of phosphoric acid groups is 1. The lowest BCUT2D eigenvalue weighted by Gasteiger charge is -2.18. The van der Waals surface area contributed by atoms with E-state index in [1.165, 1.54) is 57.8 Å². The Labute approximate surface area is 193 Å². The van der Waals surface area contributed by atoms with Crippen LogP contribution in [0.4, 0.5) is 0 Å². The van der Waals surface area contributed by atoms with Gasteiger partial charge < -0.3 is 24.9 Å². The Morgan fingerprint density at radius 2 is 1.25 bits per heavy atom. The molecule has 0 aliphatic carbocycles. The molecular weight excluding hydrogens is 439 g/mol. The first kappa shape index (κ1) is 31.5. The van der Waals surface area contributed by atoms with Crippen molar-refractivity contribution in [3.8, 4) is 0 Å². The molecule has 0 aromatic carbocycles. The first-order valence-corrected chi connectivity index (χ1v) is 13.5. The number of rotatable bonds is 23. The molecule has 0 heterocycles. The summed E-state index contributed by atoms with van der Waals surface area (Å²) in [4.78, 5) is 21.3. The molecule has 4 N–H and O–H groups in total. The highest BCUT2D eigenvalue weighted by atomic mass is 31.2. The molecule has 10 heteroatoms. The number of hydrogen-bond acceptors (Lipinski definition) is 8. The van der Waals surface area contributed by atoms with E-state index in [4.69, 9.17) is 14.9 Å². The maximum absolute atomic E-state index is 11.9. The molecule has 0 radical (unpaired) electrons. The van der Waals surface area contributed by atoms with E-state index < -0.39 is 52.4 Å². The number of aliphatic hydroxyl groups excluding tert-OH is 3. The lowest BCUT2D eigenvalue weighted by Crippen LogP contribution is -2.27. The highest BCUT2D eigenvalue weighted by Crippen LogP contribution is 2.43. The van der Waals surface area contributed by atoms with Crippen molar-refractivity contribution in [1.29, 1.82) is 0 Å². The maximum Gasteiger partial charge on any atom is 0.472 e. The second-order valence-corrected chi connectivity index (χ2v) is 9.64. The molecule has 0 saturated carbocycles. The largest absolute Gasteiger partial charge is 0.472 e. The summed E-state index contributed by atoms with van der Waals surface area (Å²) in [5.74, 6) is -0.500. The number of phosphoric ester groups is 1. The molecule has 0 aromatic heterocycles. The van der Waals surface area contributed by atoms with Crippen molar-refractivity contribution in [3.05, 3.63) is 0 Å². The Balaban J connectivity index is 3.71. The molecule has 0 aliphatic heterocycles. The molecule has 0 rings (SSSR count). The standard InChI is InChI=1S/C22H45O9P/c1-2-3-4-5-6-7-8-9-10-11-12-13-14-15-22(26)31-21(17-24)19-30-32(27,28)29-18-20(25)16-23/h20-21,23-25H,2-19H2,1H3,(H,27,28)/t20?,21-/m1/s1. The van der Waals surface area contributed by atoms with Gasteiger partial charge in [-0.1, -0.05) is 84.0 Å². The number of carbonyl (C=O) groups is 1. The normalized spacial score (nSPS) is 15.3. The van der Waals surface area contributed by atoms with Crippen LogP contribution in [0.5, 0.6) is 0 Å². The number of carbonyl (C=O) groups excluding carboxylic acids is 1. The van der Waals surface area contributed by atoms with Gasteiger partial charge in [0.1, 0.15) is 12.2 Å². The van der Waals surface area contributed by atoms with Crippen LogP contribution in [0.2, 0.25) is 0 Å². The van der Waals surface area contributed by atoms with Crippen molar-refractivity contribution < 1.29 is 43.4 Å². The van der Waals surface area contributed by atoms with Gasteiger partial charge in [0.05, 0.1) is 26.4 Å². The summed E-state index contributed by atoms with van der Waals surface area (Å²) < 4.78 is 25.9. The van der Waals surface area contributed by atoms with Crippen LogP contribution in [0.3, 0.4) is 0 Å². The van der Waals surface area contributed by atoms with Gasteiger partial charge in [-0.2, -0.15) is 0 Å². The van der Waals surface area contributed by atoms with Crippen LogP contribution in [0, 0.1) is 0 Å². The Morgan fingerprint density at radius 1 is 0.781 bits per heavy atom. The zero-order valence-corrected chi connectivity index (χ0v) is 20.6. The molecule has 0 bridgehead atoms. The predicted octanol–water partition coefficient (Wildman–Crippen LogP) is 3.86. The van der Waals surface area contributed by atoms with E-state index in [1.54, 1.807) is 0 Å². The van der Waals surface area contributed by atoms with E-state index in [-0.39, 0.29) is 6.42 Å². The average Bonchev–Trinajstić information content (AvgIpc) is 2.78. The molecule has 32 heavy (non-hydrogen) atoms. The second kappa shape index (κ2) is 21.0. The molecule has 0 aliphatic rings. The van der Waals surface area contributed by atoms with E-state index >= 15 is 0 Å². The summed E-state index contributed by atoms with van der Waals surface area (Å²) in [6, 6.07) is 0. The minimum atomic E-state index is -4.49. The molecule has 9 nitrogen and oxygen atoms in total. The van der Waals surface area contributed by atoms with Crippen LogP contribution in [-0.2, 0) is 23.1 Å². The number of hydrogen-bond donors (Lipinski definition) is 4. The minimum Gasteiger partial charge on any atom is -0.457 e. The first-order chi connectivity index (χ1) is 15.3. The summed E-state index contributed by atoms with van der Waals surface area (Å²) in [7, 11) is -4.49. The third-order valence-corrected chi connectivity index (χ3v) is 6.00. The second-order valence-electron chi connectivity index (χ2n) is 8.18. The fraction of sp³-hybridized carbons (Fsp3) is 0.955. The van der Waals surface area contributed by atoms with Gasteiger partial charge in [0.2, 0.25) is 0 Å². The number of esters is 1. The van der Waals surface area contributed by atoms with Gasteiger partial charge in [-0.15, -0.1) is 0 Å². The zero-order chi connectivity index (χ0) is 24.1. The van der Waals surface area contributed by atoms with Crippen LogP contribution in [-0.4, -0.2) is 64.8 Å². The fourth-order valence-electron chi connectivity index (χ4n) is 3.10. The van der Waals surface area contributed by atoms with Crippen molar-refractivity contribution in [2.75, 3.05) is 26.4 Å². The third-order valence-electron chi connectivity index (χ3n) is 5.05. The van der Waals surface area contributed by atoms with Gasteiger partial charge in [0, 0.05) is 6.42 Å². The summed E-state index contributed by atoms with van der Waals surface area (Å²) >= 11 is 0. The quantitative estimate of drug-likeness (QED) is 0.0965. The van der Waals surface area contributed by atoms with E-state index in [2.05, 4.69) is 16.0 Å². The molecule has 0 spiro atoms. The summed E-state index contributed by atoms with van der Waals surface area (Å²) in [6.45, 7) is -0.0774. The molecule has 0 aromatic rings. The molecule has 192 valence electrons. The summed E-state index contributed by atoms with van der Waals surface area (Å²) in [6.07, 6.45) is 13.5. The molecule has 0 amide bonds. The smallest absolute Gasteiger partial charge is 0.457 e. The van der Waals surface area contributed by atoms with E-state index in [9.17, 15) is 19.4 Å². The van der Waals surface area contributed by atoms with Crippen molar-refractivity contribution in [3.63, 3.8) is 0 Å². The van der Waals surface area contributed by atoms with E-state index in [1.807, 2.05) is 0 Å². The first-order valence-electron chi connectivity index (χ1n) is 12.1. The van der Waals surface area contributed by atoms with Crippen molar-refractivity contribution in [1.82, 2.24) is 0 Å². The number of unbranched alkanes of at least 4 members (excludes halogenated alkanes) is 12. The summed E-state index contributed by atoms with van der Waals surface area (Å²) in [5.41, 5.74) is 0. The predicted molar refractivity (Wildman–Crippen MR) is 122 cm³/mol. The van der Waals surface area contributed by atoms with Gasteiger partial charge in [-0.05, 0) is 6.42 Å². The Morgan fingerprint density at radius 3 is 1.72 bits per heavy atom. The Kier molecular flexibility index (Phi) is 20.7. The van der Waals surface area contributed by atoms with Crippen LogP contribution < -0.4 is 0 Å². The molecule has 0 fully saturated rings. The lowest BCUT2D eigenvalue weighted by atomic mass is 10.0. The third kappa shape index (κ3) is 20.1. The molecule has 2 unspecified atom stereocenters. The molecule has 3 atom stereocenters. The number of aliphatic hydroxyl groups is 3. The van der Waals surface area contributed by atoms with Gasteiger partial charge in [-0.3, -0.25) is 13.8 Å². The van der Waals surface area contributed by atoms with E-state index in [0.717, 1.165) is 19.3 Å². The fourth-order valence-corrected chi connectivity index (χ4v) is 3.89. The van der Waals surface area contributed by atoms with Crippen LogP contribution >= 0.6 is 7.82 Å². The minimum absolute atomic E-state index is 0.213. The zero-order valence-electron chi connectivity index (χ0n) is 19.7. The van der Waals surface area contributed by atoms with Crippen molar-refractivity contribution >= 4 is 13.8 Å². The van der Waals surface area contributed by atoms with Crippen LogP contribution in [0.1, 0.15) is 96.8 Å². The van der Waals surface area contributed by atoms with Gasteiger partial charge in [-0.25, -0.2) is 4.57 Å². The van der Waals surface area contributed by atoms with Crippen LogP contribution in [0.15, 0.2) is 0 Å². The summed E-state index contributed by atoms with van der Waals surface area (Å²) in [5, 5.41) is 27.0. The number of ether oxygens (including phenoxy) is 1. The maximum atomic E-state index is 11.9. The topological polar surface area (TPSA) is 143 Å². The Bertz CT molecular complexity index is 490. The molecular formula is C22H45O9P. The van der Waals surface area contributed by atoms with Gasteiger partial charge >= 0.3 is 13.8 Å². The van der Waals surface area contributed by atoms with Crippen molar-refractivity contribution in [2.24, 2.45) is 0 Å². The highest BCUT2D eigenvalue weighted by molar-refractivity contribution is 7.47. The SMILES string of the molecule is CCCCCCCCCCCCCCCC(=O)O[C@H](CO)COP(=O)(O)OCC(O)CO. The van der Waals surface area contributed by atoms with E-state index in [0.29, 0.717) is 6.42 Å². The monoisotopic (exact) mass is 484 g/mol. The average molecular weight is 485 g/mol. The van der Waals surface area contributed by atoms with Crippen molar-refractivity contribution in [2.45, 2.75) is 109 Å². The molecule has 0 saturated heterocycles.